The Kier molecular flexibility index (Phi) is 4.69. The maximum atomic E-state index is 11.3. The predicted molar refractivity (Wildman–Crippen MR) is 77.8 cm³/mol. The van der Waals surface area contributed by atoms with E-state index in [1.165, 1.54) is 12.1 Å². The van der Waals surface area contributed by atoms with Gasteiger partial charge >= 0.3 is 0 Å². The van der Waals surface area contributed by atoms with Gasteiger partial charge in [-0.25, -0.2) is 0 Å². The van der Waals surface area contributed by atoms with E-state index in [0.29, 0.717) is 11.3 Å². The fourth-order valence-corrected chi connectivity index (χ4v) is 2.79. The Labute approximate surface area is 127 Å². The van der Waals surface area contributed by atoms with Crippen LogP contribution in [0, 0.1) is 0 Å². The molecule has 1 N–H and O–H groups in total. The first-order valence-corrected chi connectivity index (χ1v) is 7.62. The van der Waals surface area contributed by atoms with Gasteiger partial charge in [0.2, 0.25) is 0 Å². The standard InChI is InChI=1S/C15H12O6S/c16-8-12-6-11(10-21-14-4-2-1-3-5-14)7-13(9-17)15(12)22(18,19)20/h1-9H,10H2,(H,18,19,20). The summed E-state index contributed by atoms with van der Waals surface area (Å²) in [6.45, 7) is 0.0391. The number of para-hydroxylation sites is 1. The molecule has 2 rings (SSSR count). The van der Waals surface area contributed by atoms with Gasteiger partial charge in [0.1, 0.15) is 17.3 Å². The van der Waals surface area contributed by atoms with Gasteiger partial charge in [-0.3, -0.25) is 14.1 Å². The molecule has 7 heteroatoms. The summed E-state index contributed by atoms with van der Waals surface area (Å²) in [6.07, 6.45) is 0.532. The second-order valence-electron chi connectivity index (χ2n) is 4.42. The normalized spacial score (nSPS) is 11.0. The van der Waals surface area contributed by atoms with Gasteiger partial charge in [0.05, 0.1) is 0 Å². The summed E-state index contributed by atoms with van der Waals surface area (Å²) in [5, 5.41) is 0. The second kappa shape index (κ2) is 6.50. The third-order valence-corrected chi connectivity index (χ3v) is 3.85. The van der Waals surface area contributed by atoms with Gasteiger partial charge in [0, 0.05) is 11.1 Å². The number of rotatable bonds is 6. The van der Waals surface area contributed by atoms with Gasteiger partial charge in [-0.2, -0.15) is 8.42 Å². The first-order valence-electron chi connectivity index (χ1n) is 6.18. The average Bonchev–Trinajstić information content (AvgIpc) is 2.51. The van der Waals surface area contributed by atoms with Crippen molar-refractivity contribution in [1.82, 2.24) is 0 Å². The summed E-state index contributed by atoms with van der Waals surface area (Å²) in [7, 11) is -4.68. The zero-order chi connectivity index (χ0) is 16.2. The van der Waals surface area contributed by atoms with E-state index >= 15 is 0 Å². The Morgan fingerprint density at radius 2 is 1.55 bits per heavy atom. The Balaban J connectivity index is 2.38. The summed E-state index contributed by atoms with van der Waals surface area (Å²) >= 11 is 0. The zero-order valence-electron chi connectivity index (χ0n) is 11.3. The summed E-state index contributed by atoms with van der Waals surface area (Å²) in [6, 6.07) is 11.4. The van der Waals surface area contributed by atoms with E-state index in [-0.39, 0.29) is 30.3 Å². The molecule has 0 spiro atoms. The number of benzene rings is 2. The van der Waals surface area contributed by atoms with E-state index in [9.17, 15) is 18.0 Å². The molecule has 0 fully saturated rings. The third-order valence-electron chi connectivity index (χ3n) is 2.87. The lowest BCUT2D eigenvalue weighted by Crippen LogP contribution is -2.09. The van der Waals surface area contributed by atoms with Crippen LogP contribution in [0.1, 0.15) is 26.3 Å². The van der Waals surface area contributed by atoms with Crippen LogP contribution in [-0.2, 0) is 16.7 Å². The lowest BCUT2D eigenvalue weighted by molar-refractivity contribution is 0.111. The highest BCUT2D eigenvalue weighted by molar-refractivity contribution is 7.86. The maximum absolute atomic E-state index is 11.3. The molecule has 0 aromatic heterocycles. The number of aldehydes is 2. The van der Waals surface area contributed by atoms with Gasteiger partial charge in [-0.15, -0.1) is 0 Å². The van der Waals surface area contributed by atoms with Gasteiger partial charge < -0.3 is 4.74 Å². The Morgan fingerprint density at radius 3 is 2.00 bits per heavy atom. The van der Waals surface area contributed by atoms with Crippen LogP contribution in [0.2, 0.25) is 0 Å². The fourth-order valence-electron chi connectivity index (χ4n) is 1.98. The van der Waals surface area contributed by atoms with Crippen molar-refractivity contribution in [3.05, 3.63) is 59.2 Å². The molecule has 114 valence electrons. The smallest absolute Gasteiger partial charge is 0.295 e. The molecular weight excluding hydrogens is 308 g/mol. The molecular formula is C15H12O6S. The van der Waals surface area contributed by atoms with Crippen molar-refractivity contribution in [2.45, 2.75) is 11.5 Å². The zero-order valence-corrected chi connectivity index (χ0v) is 12.1. The molecule has 0 saturated heterocycles. The van der Waals surface area contributed by atoms with Gasteiger partial charge in [-0.1, -0.05) is 18.2 Å². The van der Waals surface area contributed by atoms with E-state index in [0.717, 1.165) is 0 Å². The van der Waals surface area contributed by atoms with Crippen LogP contribution in [0.5, 0.6) is 5.75 Å². The maximum Gasteiger partial charge on any atom is 0.295 e. The van der Waals surface area contributed by atoms with Crippen LogP contribution in [0.4, 0.5) is 0 Å². The molecule has 2 aromatic rings. The molecule has 0 aliphatic rings. The molecule has 0 radical (unpaired) electrons. The molecule has 2 aromatic carbocycles. The summed E-state index contributed by atoms with van der Waals surface area (Å²) < 4.78 is 37.2. The number of hydrogen-bond acceptors (Lipinski definition) is 5. The number of ether oxygens (including phenoxy) is 1. The van der Waals surface area contributed by atoms with Crippen molar-refractivity contribution in [2.75, 3.05) is 0 Å². The summed E-state index contributed by atoms with van der Waals surface area (Å²) in [5.41, 5.74) is -0.155. The Morgan fingerprint density at radius 1 is 1.00 bits per heavy atom. The van der Waals surface area contributed by atoms with Crippen molar-refractivity contribution in [3.63, 3.8) is 0 Å². The topological polar surface area (TPSA) is 97.7 Å². The highest BCUT2D eigenvalue weighted by Gasteiger charge is 2.21. The molecule has 0 aliphatic heterocycles. The third kappa shape index (κ3) is 3.57. The highest BCUT2D eigenvalue weighted by Crippen LogP contribution is 2.22. The quantitative estimate of drug-likeness (QED) is 0.647. The van der Waals surface area contributed by atoms with Crippen LogP contribution >= 0.6 is 0 Å². The number of hydrogen-bond donors (Lipinski definition) is 1. The van der Waals surface area contributed by atoms with Crippen LogP contribution in [0.15, 0.2) is 47.4 Å². The fraction of sp³-hybridized carbons (Fsp3) is 0.0667. The largest absolute Gasteiger partial charge is 0.489 e. The van der Waals surface area contributed by atoms with E-state index in [4.69, 9.17) is 9.29 Å². The van der Waals surface area contributed by atoms with E-state index in [1.54, 1.807) is 24.3 Å². The molecule has 0 aliphatic carbocycles. The molecule has 22 heavy (non-hydrogen) atoms. The molecule has 0 unspecified atom stereocenters. The van der Waals surface area contributed by atoms with Gasteiger partial charge in [0.15, 0.2) is 12.6 Å². The van der Waals surface area contributed by atoms with Crippen LogP contribution in [0.3, 0.4) is 0 Å². The lowest BCUT2D eigenvalue weighted by atomic mass is 10.1. The minimum atomic E-state index is -4.68. The monoisotopic (exact) mass is 320 g/mol. The minimum Gasteiger partial charge on any atom is -0.489 e. The molecule has 0 bridgehead atoms. The van der Waals surface area contributed by atoms with E-state index in [2.05, 4.69) is 0 Å². The van der Waals surface area contributed by atoms with Crippen molar-refractivity contribution in [2.24, 2.45) is 0 Å². The summed E-state index contributed by atoms with van der Waals surface area (Å²) in [5.74, 6) is 0.585. The number of carbonyl (C=O) groups excluding carboxylic acids is 2. The van der Waals surface area contributed by atoms with Crippen LogP contribution in [-0.4, -0.2) is 25.5 Å². The lowest BCUT2D eigenvalue weighted by Gasteiger charge is -2.10. The first-order chi connectivity index (χ1) is 10.5. The molecule has 0 amide bonds. The molecule has 0 atom stereocenters. The van der Waals surface area contributed by atoms with Crippen molar-refractivity contribution >= 4 is 22.7 Å². The van der Waals surface area contributed by atoms with Crippen molar-refractivity contribution in [1.29, 1.82) is 0 Å². The molecule has 6 nitrogen and oxygen atoms in total. The van der Waals surface area contributed by atoms with Crippen LogP contribution < -0.4 is 4.74 Å². The van der Waals surface area contributed by atoms with Crippen molar-refractivity contribution in [3.8, 4) is 5.75 Å². The van der Waals surface area contributed by atoms with Crippen LogP contribution in [0.25, 0.3) is 0 Å². The first kappa shape index (κ1) is 15.9. The van der Waals surface area contributed by atoms with Gasteiger partial charge in [0.25, 0.3) is 10.1 Å². The Hall–Kier alpha value is -2.51. The van der Waals surface area contributed by atoms with Gasteiger partial charge in [-0.05, 0) is 29.8 Å². The SMILES string of the molecule is O=Cc1cc(COc2ccccc2)cc(C=O)c1S(=O)(=O)O. The van der Waals surface area contributed by atoms with Crippen molar-refractivity contribution < 1.29 is 27.3 Å². The van der Waals surface area contributed by atoms with E-state index in [1.807, 2.05) is 6.07 Å². The number of carbonyl (C=O) groups is 2. The molecule has 0 saturated carbocycles. The second-order valence-corrected chi connectivity index (χ2v) is 5.77. The predicted octanol–water partition coefficient (Wildman–Crippen LogP) is 2.14. The average molecular weight is 320 g/mol. The molecule has 0 heterocycles. The van der Waals surface area contributed by atoms with E-state index < -0.39 is 15.0 Å². The Bertz CT molecular complexity index is 767. The minimum absolute atomic E-state index is 0.0391. The highest BCUT2D eigenvalue weighted by atomic mass is 32.2. The summed E-state index contributed by atoms with van der Waals surface area (Å²) in [4.78, 5) is 21.4.